The van der Waals surface area contributed by atoms with E-state index >= 15 is 0 Å². The fourth-order valence-electron chi connectivity index (χ4n) is 1.21. The van der Waals surface area contributed by atoms with Gasteiger partial charge in [0.25, 0.3) is 0 Å². The Hall–Kier alpha value is -1.18. The van der Waals surface area contributed by atoms with E-state index in [1.54, 1.807) is 11.1 Å². The lowest BCUT2D eigenvalue weighted by Crippen LogP contribution is -2.07. The molecule has 2 nitrogen and oxygen atoms in total. The molecule has 0 spiro atoms. The van der Waals surface area contributed by atoms with Crippen molar-refractivity contribution in [3.8, 4) is 35.5 Å². The summed E-state index contributed by atoms with van der Waals surface area (Å²) in [6, 6.07) is 0. The number of unbranched alkanes of at least 4 members (excludes halogenated alkanes) is 5. The summed E-state index contributed by atoms with van der Waals surface area (Å²) in [5.74, 6) is 16.5. The van der Waals surface area contributed by atoms with Crippen LogP contribution in [-0.4, -0.2) is 22.9 Å². The van der Waals surface area contributed by atoms with Crippen molar-refractivity contribution in [2.75, 3.05) is 6.61 Å². The molecule has 0 aromatic rings. The van der Waals surface area contributed by atoms with Crippen molar-refractivity contribution in [3.05, 3.63) is 11.1 Å². The van der Waals surface area contributed by atoms with E-state index in [4.69, 9.17) is 10.2 Å². The largest absolute Gasteiger partial charge is 0.393 e. The normalized spacial score (nSPS) is 10.7. The molecule has 0 fully saturated rings. The highest BCUT2D eigenvalue weighted by Gasteiger charge is 1.90. The molecular formula is C16H19BrO2. The summed E-state index contributed by atoms with van der Waals surface area (Å²) < 4.78 is 0. The molecule has 0 aliphatic carbocycles. The Morgan fingerprint density at radius 2 is 1.68 bits per heavy atom. The standard InChI is InChI=1S/C16H19BrO2/c17-14-12-10-8-6-4-2-1-3-5-7-9-11-13-16(19)15-18/h12,14,16,18-19H,1-6,15H2/t16-/m0/s1. The molecule has 0 saturated carbocycles. The molecule has 0 amide bonds. The molecule has 0 radical (unpaired) electrons. The highest BCUT2D eigenvalue weighted by atomic mass is 79.9. The highest BCUT2D eigenvalue weighted by Crippen LogP contribution is 2.04. The molecule has 102 valence electrons. The SMILES string of the molecule is OC[C@@H](O)C#CC#CCCCCCCC#CC=CBr. The molecule has 19 heavy (non-hydrogen) atoms. The van der Waals surface area contributed by atoms with Crippen molar-refractivity contribution >= 4 is 15.9 Å². The number of hydrogen-bond donors (Lipinski definition) is 2. The van der Waals surface area contributed by atoms with E-state index in [2.05, 4.69) is 51.5 Å². The fourth-order valence-corrected chi connectivity index (χ4v) is 1.35. The molecule has 0 aromatic heterocycles. The second-order valence-electron chi connectivity index (χ2n) is 3.80. The average molecular weight is 323 g/mol. The van der Waals surface area contributed by atoms with E-state index in [0.29, 0.717) is 0 Å². The number of aliphatic hydroxyl groups is 2. The van der Waals surface area contributed by atoms with Crippen molar-refractivity contribution in [2.45, 2.75) is 44.6 Å². The minimum absolute atomic E-state index is 0.344. The first-order chi connectivity index (χ1) is 9.31. The zero-order valence-electron chi connectivity index (χ0n) is 11.0. The second kappa shape index (κ2) is 14.9. The Balaban J connectivity index is 3.43. The predicted molar refractivity (Wildman–Crippen MR) is 82.2 cm³/mol. The maximum absolute atomic E-state index is 8.93. The Morgan fingerprint density at radius 1 is 1.00 bits per heavy atom. The summed E-state index contributed by atoms with van der Waals surface area (Å²) in [4.78, 5) is 1.75. The van der Waals surface area contributed by atoms with E-state index in [1.165, 1.54) is 6.42 Å². The van der Waals surface area contributed by atoms with Gasteiger partial charge in [-0.2, -0.15) is 0 Å². The summed E-state index contributed by atoms with van der Waals surface area (Å²) in [5, 5.41) is 17.4. The minimum Gasteiger partial charge on any atom is -0.393 e. The molecule has 0 saturated heterocycles. The summed E-state index contributed by atoms with van der Waals surface area (Å²) in [6.07, 6.45) is 7.07. The quantitative estimate of drug-likeness (QED) is 0.583. The van der Waals surface area contributed by atoms with Crippen LogP contribution in [-0.2, 0) is 0 Å². The highest BCUT2D eigenvalue weighted by molar-refractivity contribution is 9.11. The lowest BCUT2D eigenvalue weighted by atomic mass is 10.1. The van der Waals surface area contributed by atoms with Gasteiger partial charge in [-0.1, -0.05) is 52.5 Å². The number of hydrogen-bond acceptors (Lipinski definition) is 2. The number of aliphatic hydroxyl groups excluding tert-OH is 2. The molecule has 0 aliphatic rings. The van der Waals surface area contributed by atoms with Crippen LogP contribution in [0.1, 0.15) is 38.5 Å². The van der Waals surface area contributed by atoms with Crippen LogP contribution in [0.3, 0.4) is 0 Å². The Morgan fingerprint density at radius 3 is 2.32 bits per heavy atom. The van der Waals surface area contributed by atoms with Crippen LogP contribution in [0.4, 0.5) is 0 Å². The zero-order valence-corrected chi connectivity index (χ0v) is 12.5. The molecular weight excluding hydrogens is 304 g/mol. The van der Waals surface area contributed by atoms with Gasteiger partial charge in [0, 0.05) is 12.8 Å². The summed E-state index contributed by atoms with van der Waals surface area (Å²) in [5.41, 5.74) is 0. The molecule has 1 atom stereocenters. The van der Waals surface area contributed by atoms with Gasteiger partial charge in [0.15, 0.2) is 0 Å². The molecule has 2 N–H and O–H groups in total. The van der Waals surface area contributed by atoms with Crippen LogP contribution >= 0.6 is 15.9 Å². The van der Waals surface area contributed by atoms with Gasteiger partial charge < -0.3 is 10.2 Å². The molecule has 3 heteroatoms. The van der Waals surface area contributed by atoms with Crippen LogP contribution in [0.15, 0.2) is 11.1 Å². The third-order valence-corrected chi connectivity index (χ3v) is 2.43. The lowest BCUT2D eigenvalue weighted by Gasteiger charge is -1.94. The van der Waals surface area contributed by atoms with Gasteiger partial charge in [0.2, 0.25) is 0 Å². The van der Waals surface area contributed by atoms with Gasteiger partial charge in [0.1, 0.15) is 6.10 Å². The van der Waals surface area contributed by atoms with E-state index in [1.807, 2.05) is 0 Å². The summed E-state index contributed by atoms with van der Waals surface area (Å²) in [7, 11) is 0. The topological polar surface area (TPSA) is 40.5 Å². The van der Waals surface area contributed by atoms with Gasteiger partial charge in [-0.15, -0.1) is 0 Å². The number of halogens is 1. The van der Waals surface area contributed by atoms with Gasteiger partial charge in [0.05, 0.1) is 6.61 Å². The number of rotatable bonds is 6. The Bertz CT molecular complexity index is 421. The minimum atomic E-state index is -0.977. The van der Waals surface area contributed by atoms with E-state index in [-0.39, 0.29) is 6.61 Å². The van der Waals surface area contributed by atoms with Crippen LogP contribution in [0.5, 0.6) is 0 Å². The summed E-state index contributed by atoms with van der Waals surface area (Å²) in [6.45, 7) is -0.344. The molecule has 0 unspecified atom stereocenters. The van der Waals surface area contributed by atoms with E-state index in [0.717, 1.165) is 32.1 Å². The Labute approximate surface area is 124 Å². The first-order valence-electron chi connectivity index (χ1n) is 6.32. The van der Waals surface area contributed by atoms with E-state index in [9.17, 15) is 0 Å². The van der Waals surface area contributed by atoms with Gasteiger partial charge in [-0.25, -0.2) is 0 Å². The molecule has 0 heterocycles. The van der Waals surface area contributed by atoms with Crippen molar-refractivity contribution in [1.29, 1.82) is 0 Å². The summed E-state index contributed by atoms with van der Waals surface area (Å²) >= 11 is 3.16. The third kappa shape index (κ3) is 14.8. The molecule has 0 bridgehead atoms. The number of allylic oxidation sites excluding steroid dienone is 1. The third-order valence-electron chi connectivity index (χ3n) is 2.16. The average Bonchev–Trinajstić information content (AvgIpc) is 2.43. The molecule has 0 aromatic carbocycles. The lowest BCUT2D eigenvalue weighted by molar-refractivity contribution is 0.138. The first-order valence-corrected chi connectivity index (χ1v) is 7.23. The van der Waals surface area contributed by atoms with Crippen molar-refractivity contribution in [1.82, 2.24) is 0 Å². The Kier molecular flexibility index (Phi) is 14.0. The van der Waals surface area contributed by atoms with Gasteiger partial charge >= 0.3 is 0 Å². The van der Waals surface area contributed by atoms with Gasteiger partial charge in [-0.3, -0.25) is 0 Å². The van der Waals surface area contributed by atoms with Crippen molar-refractivity contribution in [3.63, 3.8) is 0 Å². The fraction of sp³-hybridized carbons (Fsp3) is 0.500. The van der Waals surface area contributed by atoms with E-state index < -0.39 is 6.10 Å². The van der Waals surface area contributed by atoms with Crippen LogP contribution in [0.25, 0.3) is 0 Å². The van der Waals surface area contributed by atoms with Crippen LogP contribution < -0.4 is 0 Å². The monoisotopic (exact) mass is 322 g/mol. The van der Waals surface area contributed by atoms with Crippen LogP contribution in [0, 0.1) is 35.5 Å². The van der Waals surface area contributed by atoms with Crippen molar-refractivity contribution in [2.24, 2.45) is 0 Å². The molecule has 0 aliphatic heterocycles. The van der Waals surface area contributed by atoms with Crippen molar-refractivity contribution < 1.29 is 10.2 Å². The molecule has 0 rings (SSSR count). The smallest absolute Gasteiger partial charge is 0.138 e. The predicted octanol–water partition coefficient (Wildman–Crippen LogP) is 2.60. The van der Waals surface area contributed by atoms with Crippen LogP contribution in [0.2, 0.25) is 0 Å². The maximum Gasteiger partial charge on any atom is 0.138 e. The maximum atomic E-state index is 8.93. The zero-order chi connectivity index (χ0) is 14.2. The van der Waals surface area contributed by atoms with Gasteiger partial charge in [-0.05, 0) is 35.7 Å². The second-order valence-corrected chi connectivity index (χ2v) is 4.33. The first kappa shape index (κ1) is 17.8.